The van der Waals surface area contributed by atoms with Crippen LogP contribution < -0.4 is 32.5 Å². The van der Waals surface area contributed by atoms with Gasteiger partial charge in [0, 0.05) is 35.0 Å². The van der Waals surface area contributed by atoms with Gasteiger partial charge >= 0.3 is 6.18 Å². The topological polar surface area (TPSA) is 144 Å². The van der Waals surface area contributed by atoms with Crippen molar-refractivity contribution in [1.82, 2.24) is 14.8 Å². The predicted molar refractivity (Wildman–Crippen MR) is 158 cm³/mol. The molecule has 0 saturated carbocycles. The van der Waals surface area contributed by atoms with Crippen LogP contribution in [0, 0.1) is 0 Å². The van der Waals surface area contributed by atoms with E-state index in [9.17, 15) is 27.6 Å². The number of carbonyl (C=O) groups is 1. The highest BCUT2D eigenvalue weighted by Gasteiger charge is 2.31. The zero-order chi connectivity index (χ0) is 31.1. The Bertz CT molecular complexity index is 1880. The Hall–Kier alpha value is -5.46. The summed E-state index contributed by atoms with van der Waals surface area (Å²) in [6.45, 7) is 5.78. The molecule has 0 bridgehead atoms. The lowest BCUT2D eigenvalue weighted by Crippen LogP contribution is -2.35. The van der Waals surface area contributed by atoms with Gasteiger partial charge in [0.05, 0.1) is 11.1 Å². The zero-order valence-electron chi connectivity index (χ0n) is 23.2. The molecule has 220 valence electrons. The molecule has 5 aromatic rings. The van der Waals surface area contributed by atoms with Gasteiger partial charge in [0.2, 0.25) is 0 Å². The monoisotopic (exact) mass is 589 g/mol. The smallest absolute Gasteiger partial charge is 0.365 e. The van der Waals surface area contributed by atoms with Crippen LogP contribution in [-0.2, 0) is 11.7 Å². The summed E-state index contributed by atoms with van der Waals surface area (Å²) in [5, 5.41) is 13.4. The standard InChI is InChI=1S/C30H26F3N7O3/c1-29(2,3)40-28(38-19-11-13-35-14-12-19)21(27(34)43)22(39-40)16-7-9-18(10-8-16)36-23-24(26(42)25(23)41)37-20-6-4-5-17(15-20)30(31,32)33/h4-15,36-37H,1-3H3,(H2,34,43)(H,35,38). The van der Waals surface area contributed by atoms with Gasteiger partial charge in [-0.3, -0.25) is 19.4 Å². The van der Waals surface area contributed by atoms with Gasteiger partial charge in [-0.15, -0.1) is 0 Å². The molecular formula is C30H26F3N7O3. The minimum atomic E-state index is -4.57. The van der Waals surface area contributed by atoms with Gasteiger partial charge in [-0.1, -0.05) is 18.2 Å². The van der Waals surface area contributed by atoms with Crippen molar-refractivity contribution in [2.75, 3.05) is 16.0 Å². The fourth-order valence-corrected chi connectivity index (χ4v) is 4.43. The molecule has 0 radical (unpaired) electrons. The average molecular weight is 590 g/mol. The number of alkyl halides is 3. The number of carbonyl (C=O) groups excluding carboxylic acids is 1. The highest BCUT2D eigenvalue weighted by Crippen LogP contribution is 2.36. The lowest BCUT2D eigenvalue weighted by atomic mass is 10.1. The van der Waals surface area contributed by atoms with Crippen LogP contribution in [0.4, 0.5) is 47.4 Å². The maximum Gasteiger partial charge on any atom is 0.416 e. The number of amides is 1. The van der Waals surface area contributed by atoms with Crippen molar-refractivity contribution in [3.63, 3.8) is 0 Å². The van der Waals surface area contributed by atoms with E-state index in [1.165, 1.54) is 12.1 Å². The summed E-state index contributed by atoms with van der Waals surface area (Å²) < 4.78 is 41.0. The molecule has 0 aliphatic carbocycles. The number of nitrogens with one attached hydrogen (secondary N) is 3. The molecule has 0 fully saturated rings. The summed E-state index contributed by atoms with van der Waals surface area (Å²) in [5.41, 5.74) is 4.61. The molecule has 0 unspecified atom stereocenters. The SMILES string of the molecule is CC(C)(C)n1nc(-c2ccc(Nc3c(Nc4cccc(C(F)(F)F)c4)c(=O)c3=O)cc2)c(C(N)=O)c1Nc1ccncc1. The molecule has 43 heavy (non-hydrogen) atoms. The van der Waals surface area contributed by atoms with Crippen molar-refractivity contribution in [2.24, 2.45) is 5.73 Å². The van der Waals surface area contributed by atoms with Crippen molar-refractivity contribution in [3.05, 3.63) is 105 Å². The summed E-state index contributed by atoms with van der Waals surface area (Å²) in [6.07, 6.45) is -1.36. The molecule has 13 heteroatoms. The zero-order valence-corrected chi connectivity index (χ0v) is 23.2. The van der Waals surface area contributed by atoms with Crippen LogP contribution in [0.15, 0.2) is 82.6 Å². The van der Waals surface area contributed by atoms with Crippen molar-refractivity contribution >= 4 is 40.2 Å². The number of pyridine rings is 1. The van der Waals surface area contributed by atoms with E-state index >= 15 is 0 Å². The first kappa shape index (κ1) is 29.0. The van der Waals surface area contributed by atoms with Crippen molar-refractivity contribution in [1.29, 1.82) is 0 Å². The fraction of sp³-hybridized carbons (Fsp3) is 0.167. The summed E-state index contributed by atoms with van der Waals surface area (Å²) >= 11 is 0. The lowest BCUT2D eigenvalue weighted by Gasteiger charge is -2.23. The van der Waals surface area contributed by atoms with E-state index in [0.717, 1.165) is 12.1 Å². The summed E-state index contributed by atoms with van der Waals surface area (Å²) in [4.78, 5) is 41.3. The Balaban J connectivity index is 1.45. The Labute approximate surface area is 243 Å². The molecular weight excluding hydrogens is 563 g/mol. The molecule has 5 rings (SSSR count). The molecule has 0 aliphatic heterocycles. The first-order valence-electron chi connectivity index (χ1n) is 13.0. The number of benzene rings is 2. The van der Waals surface area contributed by atoms with Gasteiger partial charge in [-0.2, -0.15) is 18.3 Å². The van der Waals surface area contributed by atoms with Crippen LogP contribution in [-0.4, -0.2) is 20.7 Å². The van der Waals surface area contributed by atoms with E-state index in [4.69, 9.17) is 10.8 Å². The number of nitrogens with two attached hydrogens (primary N) is 1. The minimum Gasteiger partial charge on any atom is -0.365 e. The van der Waals surface area contributed by atoms with Crippen LogP contribution in [0.3, 0.4) is 0 Å². The van der Waals surface area contributed by atoms with Gasteiger partial charge in [0.1, 0.15) is 28.5 Å². The first-order chi connectivity index (χ1) is 20.2. The number of halogens is 3. The van der Waals surface area contributed by atoms with E-state index in [0.29, 0.717) is 28.5 Å². The number of primary amides is 1. The van der Waals surface area contributed by atoms with Crippen LogP contribution in [0.2, 0.25) is 0 Å². The summed E-state index contributed by atoms with van der Waals surface area (Å²) in [7, 11) is 0. The van der Waals surface area contributed by atoms with Gasteiger partial charge < -0.3 is 21.7 Å². The normalized spacial score (nSPS) is 11.9. The fourth-order valence-electron chi connectivity index (χ4n) is 4.43. The third kappa shape index (κ3) is 5.82. The molecule has 10 nitrogen and oxygen atoms in total. The van der Waals surface area contributed by atoms with Crippen molar-refractivity contribution in [3.8, 4) is 11.3 Å². The number of anilines is 6. The Morgan fingerprint density at radius 2 is 1.40 bits per heavy atom. The second kappa shape index (κ2) is 10.7. The molecule has 5 N–H and O–H groups in total. The van der Waals surface area contributed by atoms with E-state index in [-0.39, 0.29) is 22.6 Å². The van der Waals surface area contributed by atoms with Gasteiger partial charge in [0.15, 0.2) is 0 Å². The van der Waals surface area contributed by atoms with E-state index in [1.807, 2.05) is 20.8 Å². The molecule has 0 aliphatic rings. The molecule has 2 aromatic heterocycles. The lowest BCUT2D eigenvalue weighted by molar-refractivity contribution is -0.137. The first-order valence-corrected chi connectivity index (χ1v) is 13.0. The second-order valence-electron chi connectivity index (χ2n) is 10.7. The Morgan fingerprint density at radius 3 is 1.95 bits per heavy atom. The Morgan fingerprint density at radius 1 is 0.814 bits per heavy atom. The number of hydrogen-bond donors (Lipinski definition) is 4. The van der Waals surface area contributed by atoms with E-state index in [2.05, 4.69) is 20.9 Å². The molecule has 0 saturated heterocycles. The highest BCUT2D eigenvalue weighted by molar-refractivity contribution is 6.04. The molecule has 3 aromatic carbocycles. The number of nitrogens with zero attached hydrogens (tertiary/aromatic N) is 3. The predicted octanol–water partition coefficient (Wildman–Crippen LogP) is 5.64. The van der Waals surface area contributed by atoms with Crippen LogP contribution in [0.5, 0.6) is 0 Å². The van der Waals surface area contributed by atoms with Crippen LogP contribution in [0.1, 0.15) is 36.7 Å². The third-order valence-electron chi connectivity index (χ3n) is 6.51. The molecule has 2 heterocycles. The van der Waals surface area contributed by atoms with Gasteiger partial charge in [0.25, 0.3) is 16.8 Å². The quantitative estimate of drug-likeness (QED) is 0.170. The summed E-state index contributed by atoms with van der Waals surface area (Å²) in [5.74, 6) is -0.296. The third-order valence-corrected chi connectivity index (χ3v) is 6.51. The van der Waals surface area contributed by atoms with Crippen LogP contribution in [0.25, 0.3) is 11.3 Å². The van der Waals surface area contributed by atoms with Crippen molar-refractivity contribution < 1.29 is 18.0 Å². The number of hydrogen-bond acceptors (Lipinski definition) is 8. The Kier molecular flexibility index (Phi) is 7.26. The number of rotatable bonds is 8. The highest BCUT2D eigenvalue weighted by atomic mass is 19.4. The van der Waals surface area contributed by atoms with Gasteiger partial charge in [-0.05, 0) is 63.2 Å². The minimum absolute atomic E-state index is 0.00455. The van der Waals surface area contributed by atoms with Crippen molar-refractivity contribution in [2.45, 2.75) is 32.5 Å². The number of aromatic nitrogens is 3. The molecule has 1 amide bonds. The maximum atomic E-state index is 13.1. The van der Waals surface area contributed by atoms with E-state index in [1.54, 1.807) is 53.5 Å². The largest absolute Gasteiger partial charge is 0.416 e. The second-order valence-corrected chi connectivity index (χ2v) is 10.7. The summed E-state index contributed by atoms with van der Waals surface area (Å²) in [6, 6.07) is 14.3. The molecule has 0 spiro atoms. The maximum absolute atomic E-state index is 13.1. The molecule has 0 atom stereocenters. The van der Waals surface area contributed by atoms with Crippen LogP contribution >= 0.6 is 0 Å². The van der Waals surface area contributed by atoms with E-state index < -0.39 is 34.0 Å². The average Bonchev–Trinajstić information content (AvgIpc) is 3.35. The van der Waals surface area contributed by atoms with Gasteiger partial charge in [-0.25, -0.2) is 4.68 Å².